The van der Waals surface area contributed by atoms with Gasteiger partial charge in [0.05, 0.1) is 0 Å². The summed E-state index contributed by atoms with van der Waals surface area (Å²) in [6.45, 7) is 4.36. The van der Waals surface area contributed by atoms with Crippen molar-refractivity contribution >= 4 is 21.8 Å². The van der Waals surface area contributed by atoms with Crippen LogP contribution in [0.25, 0.3) is 50.3 Å². The van der Waals surface area contributed by atoms with Gasteiger partial charge >= 0.3 is 41.5 Å². The zero-order valence-corrected chi connectivity index (χ0v) is 31.3. The van der Waals surface area contributed by atoms with Crippen LogP contribution in [0.3, 0.4) is 0 Å². The topological polar surface area (TPSA) is 75.0 Å². The van der Waals surface area contributed by atoms with E-state index in [-0.39, 0.29) is 41.5 Å². The third-order valence-corrected chi connectivity index (χ3v) is 7.93. The van der Waals surface area contributed by atoms with E-state index in [1.54, 1.807) is 12.4 Å². The first-order valence-electron chi connectivity index (χ1n) is 16.0. The van der Waals surface area contributed by atoms with E-state index in [0.29, 0.717) is 34.9 Å². The van der Waals surface area contributed by atoms with Gasteiger partial charge in [0.1, 0.15) is 0 Å². The van der Waals surface area contributed by atoms with Gasteiger partial charge in [-0.1, -0.05) is 61.3 Å². The van der Waals surface area contributed by atoms with Crippen LogP contribution in [0.4, 0.5) is 0 Å². The van der Waals surface area contributed by atoms with E-state index < -0.39 is 0 Å². The molecule has 0 aliphatic carbocycles. The normalized spacial score (nSPS) is 10.9. The molecule has 4 aromatic heterocycles. The molecule has 0 aliphatic heterocycles. The van der Waals surface area contributed by atoms with E-state index in [1.165, 1.54) is 0 Å². The van der Waals surface area contributed by atoms with Crippen molar-refractivity contribution in [2.75, 3.05) is 0 Å². The number of ether oxygens (including phenoxy) is 2. The first-order chi connectivity index (χ1) is 24.1. The number of hydrogen-bond donors (Lipinski definition) is 0. The minimum absolute atomic E-state index is 0. The summed E-state index contributed by atoms with van der Waals surface area (Å²) in [4.78, 5) is 18.5. The fraction of sp³-hybridized carbons (Fsp3) is 0.0952. The van der Waals surface area contributed by atoms with Crippen LogP contribution >= 0.6 is 0 Å². The molecule has 0 fully saturated rings. The number of fused-ring (bicyclic) bond motifs is 3. The number of rotatable bonds is 9. The Morgan fingerprint density at radius 3 is 1.51 bits per heavy atom. The Morgan fingerprint density at radius 1 is 0.569 bits per heavy atom. The second-order valence-corrected chi connectivity index (χ2v) is 12.0. The molecule has 9 heteroatoms. The fourth-order valence-corrected chi connectivity index (χ4v) is 5.78. The minimum Gasteiger partial charge on any atom is -0.503 e. The third-order valence-electron chi connectivity index (χ3n) is 7.93. The second-order valence-electron chi connectivity index (χ2n) is 12.0. The second kappa shape index (κ2) is 15.9. The molecule has 0 saturated heterocycles. The van der Waals surface area contributed by atoms with Crippen LogP contribution in [0.15, 0.2) is 122 Å². The monoisotopic (exact) mass is 936 g/mol. The first kappa shape index (κ1) is 35.8. The molecule has 254 valence electrons. The number of pyridine rings is 2. The molecule has 8 rings (SSSR count). The van der Waals surface area contributed by atoms with Gasteiger partial charge < -0.3 is 24.0 Å². The maximum Gasteiger partial charge on any atom is 2.00 e. The van der Waals surface area contributed by atoms with Crippen LogP contribution < -0.4 is 9.47 Å². The Kier molecular flexibility index (Phi) is 11.2. The fourth-order valence-electron chi connectivity index (χ4n) is 5.78. The molecule has 0 spiro atoms. The van der Waals surface area contributed by atoms with Gasteiger partial charge in [0, 0.05) is 47.8 Å². The van der Waals surface area contributed by atoms with Crippen molar-refractivity contribution in [1.82, 2.24) is 24.5 Å². The third kappa shape index (κ3) is 7.85. The molecule has 4 heterocycles. The molecular weight excluding hydrogens is 908 g/mol. The summed E-state index contributed by atoms with van der Waals surface area (Å²) in [5.74, 6) is 3.16. The number of aromatic nitrogens is 5. The van der Waals surface area contributed by atoms with Crippen LogP contribution in [0.1, 0.15) is 19.4 Å². The predicted molar refractivity (Wildman–Crippen MR) is 190 cm³/mol. The van der Waals surface area contributed by atoms with Gasteiger partial charge in [0.15, 0.2) is 0 Å². The van der Waals surface area contributed by atoms with Crippen LogP contribution in [-0.4, -0.2) is 24.5 Å². The molecule has 51 heavy (non-hydrogen) atoms. The molecule has 8 aromatic rings. The average molecular weight is 937 g/mol. The summed E-state index contributed by atoms with van der Waals surface area (Å²) in [7, 11) is 0. The summed E-state index contributed by atoms with van der Waals surface area (Å²) in [6, 6.07) is 44.6. The van der Waals surface area contributed by atoms with Crippen molar-refractivity contribution in [3.8, 4) is 51.5 Å². The van der Waals surface area contributed by atoms with E-state index in [1.807, 2.05) is 114 Å². The van der Waals surface area contributed by atoms with Gasteiger partial charge in [0.25, 0.3) is 0 Å². The van der Waals surface area contributed by atoms with E-state index >= 15 is 0 Å². The summed E-state index contributed by atoms with van der Waals surface area (Å²) in [6.07, 6.45) is 8.19. The zero-order valence-electron chi connectivity index (χ0n) is 27.5. The zero-order chi connectivity index (χ0) is 33.2. The summed E-state index contributed by atoms with van der Waals surface area (Å²) >= 11 is 0. The van der Waals surface area contributed by atoms with Gasteiger partial charge in [0.2, 0.25) is 5.95 Å². The van der Waals surface area contributed by atoms with Gasteiger partial charge in [-0.3, -0.25) is 0 Å². The first-order valence-corrected chi connectivity index (χ1v) is 16.0. The summed E-state index contributed by atoms with van der Waals surface area (Å²) < 4.78 is 14.6. The van der Waals surface area contributed by atoms with Gasteiger partial charge in [-0.15, -0.1) is 71.8 Å². The van der Waals surface area contributed by atoms with Crippen molar-refractivity contribution in [2.24, 2.45) is 5.92 Å². The number of benzene rings is 4. The molecule has 7 nitrogen and oxygen atoms in total. The van der Waals surface area contributed by atoms with E-state index in [9.17, 15) is 0 Å². The van der Waals surface area contributed by atoms with Crippen molar-refractivity contribution in [1.29, 1.82) is 0 Å². The molecule has 0 N–H and O–H groups in total. The molecule has 0 saturated carbocycles. The minimum atomic E-state index is 0. The van der Waals surface area contributed by atoms with Crippen molar-refractivity contribution in [3.05, 3.63) is 152 Å². The molecule has 0 amide bonds. The smallest absolute Gasteiger partial charge is 0.503 e. The molecule has 0 radical (unpaired) electrons. The molecule has 0 atom stereocenters. The summed E-state index contributed by atoms with van der Waals surface area (Å²) in [5.41, 5.74) is 5.90. The van der Waals surface area contributed by atoms with Crippen LogP contribution in [0.5, 0.6) is 23.0 Å². The quantitative estimate of drug-likeness (QED) is 0.106. The Hall–Kier alpha value is -4.99. The van der Waals surface area contributed by atoms with Crippen LogP contribution in [0, 0.1) is 30.2 Å². The number of nitrogens with zero attached hydrogens (tertiary/aromatic N) is 5. The van der Waals surface area contributed by atoms with Crippen molar-refractivity contribution in [2.45, 2.75) is 20.3 Å². The predicted octanol–water partition coefficient (Wildman–Crippen LogP) is 9.68. The van der Waals surface area contributed by atoms with Crippen LogP contribution in [0.2, 0.25) is 0 Å². The Morgan fingerprint density at radius 2 is 1.06 bits per heavy atom. The van der Waals surface area contributed by atoms with Gasteiger partial charge in [-0.2, -0.15) is 22.9 Å². The maximum atomic E-state index is 6.31. The van der Waals surface area contributed by atoms with E-state index in [0.717, 1.165) is 56.3 Å². The molecule has 0 aliphatic rings. The van der Waals surface area contributed by atoms with Gasteiger partial charge in [-0.05, 0) is 41.4 Å². The summed E-state index contributed by atoms with van der Waals surface area (Å²) in [5, 5.41) is 1.91. The standard InChI is InChI=1S/C42H29N5O2.Pd.Pt/c1-28(2)21-29-26-45-42(46-27-29)47-40-24-34(48-32-11-7-9-30(22-32)38-13-3-5-19-43-38)15-17-36(40)37-18-16-35(25-41(37)47)49-33-12-8-10-31(23-33)39-14-4-6-20-44-39;;/h3-20,26-28H,21H2,1-2H3;;/q-4;2*+2. The molecule has 0 unspecified atom stereocenters. The van der Waals surface area contributed by atoms with Crippen LogP contribution in [-0.2, 0) is 47.9 Å². The molecule has 0 bridgehead atoms. The maximum absolute atomic E-state index is 6.31. The molecule has 4 aromatic carbocycles. The Labute approximate surface area is 324 Å². The Balaban J connectivity index is 0.00000224. The SMILES string of the molecule is CC(C)Cc1cnc(-n2c3[c-]c(Oc4[c-]c(-c5ccccn5)ccc4)ccc3c3ccc(Oc4[c-]c(-c5ccccn5)ccc4)[c-]c32)nc1.[Pd+2].[Pt+2]. The van der Waals surface area contributed by atoms with Crippen molar-refractivity contribution in [3.63, 3.8) is 0 Å². The van der Waals surface area contributed by atoms with Crippen molar-refractivity contribution < 1.29 is 51.0 Å². The van der Waals surface area contributed by atoms with Gasteiger partial charge in [-0.25, -0.2) is 9.97 Å². The number of hydrogen-bond acceptors (Lipinski definition) is 6. The average Bonchev–Trinajstić information content (AvgIpc) is 3.45. The largest absolute Gasteiger partial charge is 2.00 e. The Bertz CT molecular complexity index is 2260. The molecular formula is C42H29N5O2PdPt. The van der Waals surface area contributed by atoms with E-state index in [4.69, 9.17) is 19.4 Å². The van der Waals surface area contributed by atoms with E-state index in [2.05, 4.69) is 48.1 Å².